The molecule has 0 unspecified atom stereocenters. The van der Waals surface area contributed by atoms with Gasteiger partial charge in [0.05, 0.1) is 24.8 Å². The lowest BCUT2D eigenvalue weighted by Gasteiger charge is -2.13. The van der Waals surface area contributed by atoms with Gasteiger partial charge in [-0.1, -0.05) is 0 Å². The molecule has 0 radical (unpaired) electrons. The molecule has 0 saturated carbocycles. The summed E-state index contributed by atoms with van der Waals surface area (Å²) in [5.74, 6) is 1.00. The van der Waals surface area contributed by atoms with Crippen LogP contribution < -0.4 is 19.5 Å². The van der Waals surface area contributed by atoms with Crippen LogP contribution in [0.2, 0.25) is 0 Å². The van der Waals surface area contributed by atoms with Gasteiger partial charge >= 0.3 is 0 Å². The van der Waals surface area contributed by atoms with Crippen LogP contribution in [0.5, 0.6) is 11.5 Å². The molecule has 0 amide bonds. The molecule has 1 heterocycles. The Bertz CT molecular complexity index is 1180. The fraction of sp³-hybridized carbons (Fsp3) is 0.111. The van der Waals surface area contributed by atoms with E-state index in [1.807, 2.05) is 6.07 Å². The van der Waals surface area contributed by atoms with Crippen LogP contribution in [0.3, 0.4) is 0 Å². The number of allylic oxidation sites excluding steroid dienone is 1. The number of sulfonamides is 1. The van der Waals surface area contributed by atoms with Crippen LogP contribution in [0, 0.1) is 11.3 Å². The average molecular weight is 427 g/mol. The highest BCUT2D eigenvalue weighted by Crippen LogP contribution is 2.31. The number of ether oxygens (including phenoxy) is 2. The zero-order valence-electron chi connectivity index (χ0n) is 15.9. The van der Waals surface area contributed by atoms with E-state index in [-0.39, 0.29) is 22.0 Å². The fourth-order valence-corrected chi connectivity index (χ4v) is 3.47. The lowest BCUT2D eigenvalue weighted by molar-refractivity contribution is 0.395. The van der Waals surface area contributed by atoms with Crippen molar-refractivity contribution in [1.29, 1.82) is 5.26 Å². The molecule has 0 aliphatic carbocycles. The van der Waals surface area contributed by atoms with Crippen molar-refractivity contribution in [3.05, 3.63) is 54.5 Å². The molecule has 3 rings (SSSR count). The number of anilines is 2. The van der Waals surface area contributed by atoms with Gasteiger partial charge in [-0.3, -0.25) is 4.72 Å². The van der Waals surface area contributed by atoms with Crippen molar-refractivity contribution < 1.29 is 17.9 Å². The summed E-state index contributed by atoms with van der Waals surface area (Å²) in [4.78, 5) is 0.0496. The molecule has 0 spiro atoms. The zero-order chi connectivity index (χ0) is 21.6. The van der Waals surface area contributed by atoms with Crippen molar-refractivity contribution in [3.63, 3.8) is 0 Å². The number of hydrogen-bond acceptors (Lipinski definition) is 9. The molecule has 0 fully saturated rings. The van der Waals surface area contributed by atoms with Crippen molar-refractivity contribution in [1.82, 2.24) is 20.6 Å². The molecule has 0 saturated heterocycles. The number of tetrazole rings is 1. The van der Waals surface area contributed by atoms with E-state index in [1.165, 1.54) is 32.6 Å². The third kappa shape index (κ3) is 4.65. The van der Waals surface area contributed by atoms with Crippen LogP contribution in [0.4, 0.5) is 11.4 Å². The first-order valence-electron chi connectivity index (χ1n) is 8.42. The number of aromatic nitrogens is 4. The monoisotopic (exact) mass is 427 g/mol. The largest absolute Gasteiger partial charge is 0.497 e. The van der Waals surface area contributed by atoms with Crippen molar-refractivity contribution in [2.75, 3.05) is 24.3 Å². The number of nitriles is 1. The van der Waals surface area contributed by atoms with Crippen LogP contribution in [-0.2, 0) is 10.0 Å². The van der Waals surface area contributed by atoms with Gasteiger partial charge in [0.1, 0.15) is 23.1 Å². The maximum absolute atomic E-state index is 12.7. The van der Waals surface area contributed by atoms with Gasteiger partial charge in [0.25, 0.3) is 10.0 Å². The first kappa shape index (κ1) is 20.6. The van der Waals surface area contributed by atoms with Crippen LogP contribution in [0.25, 0.3) is 5.57 Å². The Balaban J connectivity index is 1.76. The molecule has 30 heavy (non-hydrogen) atoms. The maximum Gasteiger partial charge on any atom is 0.262 e. The van der Waals surface area contributed by atoms with Crippen LogP contribution in [0.1, 0.15) is 5.82 Å². The normalized spacial score (nSPS) is 11.4. The molecule has 12 heteroatoms. The second kappa shape index (κ2) is 8.93. The molecule has 2 aromatic carbocycles. The zero-order valence-corrected chi connectivity index (χ0v) is 16.8. The van der Waals surface area contributed by atoms with E-state index in [1.54, 1.807) is 30.3 Å². The highest BCUT2D eigenvalue weighted by molar-refractivity contribution is 7.92. The Morgan fingerprint density at radius 1 is 1.17 bits per heavy atom. The SMILES string of the molecule is COc1ccc(NS(=O)(=O)c2ccc(NC=C(C#N)c3nn[nH]n3)cc2)c(OC)c1. The summed E-state index contributed by atoms with van der Waals surface area (Å²) in [5.41, 5.74) is 1.00. The highest BCUT2D eigenvalue weighted by Gasteiger charge is 2.17. The number of nitrogens with one attached hydrogen (secondary N) is 3. The predicted octanol–water partition coefficient (Wildman–Crippen LogP) is 1.99. The number of methoxy groups -OCH3 is 2. The minimum absolute atomic E-state index is 0.0496. The predicted molar refractivity (Wildman–Crippen MR) is 108 cm³/mol. The molecule has 3 aromatic rings. The smallest absolute Gasteiger partial charge is 0.262 e. The number of hydrogen-bond donors (Lipinski definition) is 3. The summed E-state index contributed by atoms with van der Waals surface area (Å²) < 4.78 is 38.2. The Hall–Kier alpha value is -4.11. The number of aromatic amines is 1. The van der Waals surface area contributed by atoms with E-state index >= 15 is 0 Å². The lowest BCUT2D eigenvalue weighted by atomic mass is 10.3. The topological polar surface area (TPSA) is 155 Å². The van der Waals surface area contributed by atoms with E-state index < -0.39 is 10.0 Å². The van der Waals surface area contributed by atoms with Gasteiger partial charge in [-0.15, -0.1) is 10.2 Å². The summed E-state index contributed by atoms with van der Waals surface area (Å²) >= 11 is 0. The van der Waals surface area contributed by atoms with E-state index in [4.69, 9.17) is 14.7 Å². The standard InChI is InChI=1S/C18H17N7O4S/c1-28-14-5-8-16(17(9-14)29-2)23-30(26,27)15-6-3-13(4-7-15)20-11-12(10-19)18-21-24-25-22-18/h3-9,11,20,23H,1-2H3,(H,21,22,24,25). The third-order valence-electron chi connectivity index (χ3n) is 3.91. The highest BCUT2D eigenvalue weighted by atomic mass is 32.2. The minimum Gasteiger partial charge on any atom is -0.497 e. The summed E-state index contributed by atoms with van der Waals surface area (Å²) in [5, 5.41) is 25.2. The second-order valence-corrected chi connectivity index (χ2v) is 7.43. The molecule has 0 atom stereocenters. The molecule has 154 valence electrons. The summed E-state index contributed by atoms with van der Waals surface area (Å²) in [7, 11) is -0.912. The third-order valence-corrected chi connectivity index (χ3v) is 5.29. The molecule has 0 bridgehead atoms. The minimum atomic E-state index is -3.85. The maximum atomic E-state index is 12.7. The van der Waals surface area contributed by atoms with E-state index in [0.29, 0.717) is 17.2 Å². The number of nitrogens with zero attached hydrogens (tertiary/aromatic N) is 4. The Morgan fingerprint density at radius 3 is 2.53 bits per heavy atom. The van der Waals surface area contributed by atoms with Gasteiger partial charge in [0, 0.05) is 18.0 Å². The number of H-pyrrole nitrogens is 1. The van der Waals surface area contributed by atoms with E-state index in [9.17, 15) is 8.42 Å². The summed E-state index contributed by atoms with van der Waals surface area (Å²) in [6, 6.07) is 12.7. The molecular formula is C18H17N7O4S. The molecule has 11 nitrogen and oxygen atoms in total. The Kier molecular flexibility index (Phi) is 6.14. The molecule has 1 aromatic heterocycles. The van der Waals surface area contributed by atoms with Crippen molar-refractivity contribution in [2.45, 2.75) is 4.90 Å². The number of benzene rings is 2. The van der Waals surface area contributed by atoms with Gasteiger partial charge in [0.15, 0.2) is 0 Å². The van der Waals surface area contributed by atoms with Gasteiger partial charge in [-0.2, -0.15) is 10.5 Å². The summed E-state index contributed by atoms with van der Waals surface area (Å²) in [6.45, 7) is 0. The quantitative estimate of drug-likeness (QED) is 0.458. The van der Waals surface area contributed by atoms with Crippen molar-refractivity contribution in [2.24, 2.45) is 0 Å². The summed E-state index contributed by atoms with van der Waals surface area (Å²) in [6.07, 6.45) is 1.40. The average Bonchev–Trinajstić information content (AvgIpc) is 3.29. The molecule has 3 N–H and O–H groups in total. The van der Waals surface area contributed by atoms with Crippen molar-refractivity contribution in [3.8, 4) is 17.6 Å². The molecular weight excluding hydrogens is 410 g/mol. The Morgan fingerprint density at radius 2 is 1.93 bits per heavy atom. The number of rotatable bonds is 8. The Labute approximate surface area is 172 Å². The van der Waals surface area contributed by atoms with Gasteiger partial charge < -0.3 is 14.8 Å². The van der Waals surface area contributed by atoms with E-state index in [0.717, 1.165) is 0 Å². The van der Waals surface area contributed by atoms with Crippen LogP contribution >= 0.6 is 0 Å². The lowest BCUT2D eigenvalue weighted by Crippen LogP contribution is -2.13. The first-order chi connectivity index (χ1) is 14.5. The van der Waals surface area contributed by atoms with Gasteiger partial charge in [-0.05, 0) is 41.6 Å². The fourth-order valence-electron chi connectivity index (χ4n) is 2.40. The molecule has 0 aliphatic rings. The van der Waals surface area contributed by atoms with Crippen LogP contribution in [-0.4, -0.2) is 43.3 Å². The van der Waals surface area contributed by atoms with Crippen LogP contribution in [0.15, 0.2) is 53.6 Å². The van der Waals surface area contributed by atoms with Gasteiger partial charge in [-0.25, -0.2) is 8.42 Å². The second-order valence-electron chi connectivity index (χ2n) is 5.75. The molecule has 0 aliphatic heterocycles. The first-order valence-corrected chi connectivity index (χ1v) is 9.90. The van der Waals surface area contributed by atoms with E-state index in [2.05, 4.69) is 30.7 Å². The van der Waals surface area contributed by atoms with Gasteiger partial charge in [0.2, 0.25) is 5.82 Å². The van der Waals surface area contributed by atoms with Crippen molar-refractivity contribution >= 4 is 27.0 Å².